The maximum Gasteiger partial charge on any atom is 0.419 e. The molecule has 11 heteroatoms. The third-order valence-corrected chi connectivity index (χ3v) is 5.31. The molecule has 3 rings (SSSR count). The largest absolute Gasteiger partial charge is 0.465 e. The van der Waals surface area contributed by atoms with Gasteiger partial charge in [0.25, 0.3) is 0 Å². The van der Waals surface area contributed by atoms with E-state index in [0.29, 0.717) is 35.5 Å². The molecule has 0 radical (unpaired) electrons. The normalized spacial score (nSPS) is 19.6. The molecule has 1 saturated heterocycles. The molecule has 1 fully saturated rings. The van der Waals surface area contributed by atoms with Crippen LogP contribution in [-0.2, 0) is 6.18 Å². The van der Waals surface area contributed by atoms with Crippen LogP contribution in [0.25, 0.3) is 0 Å². The second-order valence-corrected chi connectivity index (χ2v) is 7.18. The number of carbonyl (C=O) groups is 1. The lowest BCUT2D eigenvalue weighted by molar-refractivity contribution is -0.138. The van der Waals surface area contributed by atoms with Crippen molar-refractivity contribution in [3.63, 3.8) is 0 Å². The Labute approximate surface area is 168 Å². The zero-order chi connectivity index (χ0) is 20.5. The summed E-state index contributed by atoms with van der Waals surface area (Å²) in [6, 6.07) is 5.22. The van der Waals surface area contributed by atoms with E-state index in [0.717, 1.165) is 10.5 Å². The van der Waals surface area contributed by atoms with Crippen LogP contribution in [0.2, 0.25) is 10.0 Å². The van der Waals surface area contributed by atoms with Crippen molar-refractivity contribution in [3.8, 4) is 0 Å². The number of benzene rings is 1. The molecule has 28 heavy (non-hydrogen) atoms. The second-order valence-electron chi connectivity index (χ2n) is 6.36. The van der Waals surface area contributed by atoms with E-state index in [-0.39, 0.29) is 24.3 Å². The molecule has 1 amide bonds. The monoisotopic (exact) mass is 434 g/mol. The average molecular weight is 435 g/mol. The number of halogens is 5. The Balaban J connectivity index is 1.81. The second kappa shape index (κ2) is 8.10. The highest BCUT2D eigenvalue weighted by atomic mass is 35.5. The molecule has 2 unspecified atom stereocenters. The third kappa shape index (κ3) is 4.48. The van der Waals surface area contributed by atoms with Gasteiger partial charge in [-0.25, -0.2) is 19.7 Å². The fourth-order valence-corrected chi connectivity index (χ4v) is 3.45. The number of aromatic nitrogens is 2. The van der Waals surface area contributed by atoms with Crippen molar-refractivity contribution < 1.29 is 23.1 Å². The molecule has 0 saturated carbocycles. The first-order valence-electron chi connectivity index (χ1n) is 8.22. The molecule has 0 aliphatic carbocycles. The van der Waals surface area contributed by atoms with Crippen molar-refractivity contribution in [1.82, 2.24) is 15.3 Å². The quantitative estimate of drug-likeness (QED) is 0.750. The van der Waals surface area contributed by atoms with Crippen LogP contribution < -0.4 is 10.2 Å². The highest BCUT2D eigenvalue weighted by molar-refractivity contribution is 6.42. The van der Waals surface area contributed by atoms with E-state index in [1.54, 1.807) is 12.1 Å². The molecule has 1 aliphatic rings. The number of hydrogen-bond acceptors (Lipinski definition) is 4. The lowest BCUT2D eigenvalue weighted by Gasteiger charge is -2.25. The Hall–Kier alpha value is -2.10. The summed E-state index contributed by atoms with van der Waals surface area (Å²) in [4.78, 5) is 19.7. The smallest absolute Gasteiger partial charge is 0.419 e. The number of hydrogen-bond donors (Lipinski definition) is 2. The molecular weight excluding hydrogens is 420 g/mol. The van der Waals surface area contributed by atoms with Crippen LogP contribution in [0.3, 0.4) is 0 Å². The zero-order valence-corrected chi connectivity index (χ0v) is 15.8. The van der Waals surface area contributed by atoms with Gasteiger partial charge in [-0.05, 0) is 23.6 Å². The first kappa shape index (κ1) is 20.6. The van der Waals surface area contributed by atoms with Gasteiger partial charge in [-0.3, -0.25) is 0 Å². The molecule has 2 aromatic rings. The molecular formula is C17H15Cl2F3N4O2. The molecule has 2 N–H and O–H groups in total. The van der Waals surface area contributed by atoms with Gasteiger partial charge in [-0.2, -0.15) is 13.2 Å². The van der Waals surface area contributed by atoms with E-state index in [4.69, 9.17) is 23.2 Å². The van der Waals surface area contributed by atoms with E-state index in [9.17, 15) is 23.1 Å². The maximum atomic E-state index is 12.7. The van der Waals surface area contributed by atoms with E-state index in [1.807, 2.05) is 6.07 Å². The molecule has 2 heterocycles. The molecule has 150 valence electrons. The Kier molecular flexibility index (Phi) is 5.97. The number of alkyl halides is 3. The highest BCUT2D eigenvalue weighted by Crippen LogP contribution is 2.34. The van der Waals surface area contributed by atoms with Crippen LogP contribution in [0.1, 0.15) is 17.0 Å². The SMILES string of the molecule is O=C(O)N(CC1CNCC1c1ccc(Cl)c(Cl)c1)c1ncc(C(F)(F)F)cn1. The van der Waals surface area contributed by atoms with Gasteiger partial charge < -0.3 is 10.4 Å². The van der Waals surface area contributed by atoms with Crippen LogP contribution in [0.5, 0.6) is 0 Å². The summed E-state index contributed by atoms with van der Waals surface area (Å²) in [6.45, 7) is 1.14. The van der Waals surface area contributed by atoms with Gasteiger partial charge in [0.05, 0.1) is 15.6 Å². The Morgan fingerprint density at radius 3 is 2.46 bits per heavy atom. The molecule has 1 aromatic heterocycles. The van der Waals surface area contributed by atoms with Crippen molar-refractivity contribution in [2.24, 2.45) is 5.92 Å². The van der Waals surface area contributed by atoms with E-state index in [2.05, 4.69) is 15.3 Å². The lowest BCUT2D eigenvalue weighted by atomic mass is 9.88. The summed E-state index contributed by atoms with van der Waals surface area (Å²) in [5, 5.41) is 13.5. The van der Waals surface area contributed by atoms with Gasteiger partial charge in [0.2, 0.25) is 5.95 Å². The minimum atomic E-state index is -4.60. The number of carboxylic acid groups (broad SMARTS) is 1. The standard InChI is InChI=1S/C17H15Cl2F3N4O2/c18-13-2-1-9(3-14(13)19)12-7-23-4-10(12)8-26(16(27)28)15-24-5-11(6-25-15)17(20,21)22/h1-3,5-6,10,12,23H,4,7-8H2,(H,27,28). The Morgan fingerprint density at radius 1 is 1.21 bits per heavy atom. The summed E-state index contributed by atoms with van der Waals surface area (Å²) < 4.78 is 38.0. The number of nitrogens with one attached hydrogen (secondary N) is 1. The molecule has 1 aromatic carbocycles. The van der Waals surface area contributed by atoms with E-state index >= 15 is 0 Å². The van der Waals surface area contributed by atoms with Crippen molar-refractivity contribution in [2.45, 2.75) is 12.1 Å². The summed E-state index contributed by atoms with van der Waals surface area (Å²) in [5.74, 6) is -0.509. The number of nitrogens with zero attached hydrogens (tertiary/aromatic N) is 3. The number of rotatable bonds is 4. The van der Waals surface area contributed by atoms with Gasteiger partial charge in [-0.15, -0.1) is 0 Å². The third-order valence-electron chi connectivity index (χ3n) is 4.57. The molecule has 2 atom stereocenters. The predicted molar refractivity (Wildman–Crippen MR) is 98.0 cm³/mol. The van der Waals surface area contributed by atoms with Gasteiger partial charge in [0, 0.05) is 37.9 Å². The van der Waals surface area contributed by atoms with E-state index < -0.39 is 17.8 Å². The van der Waals surface area contributed by atoms with Crippen molar-refractivity contribution >= 4 is 35.2 Å². The summed E-state index contributed by atoms with van der Waals surface area (Å²) in [5.41, 5.74) is -0.152. The van der Waals surface area contributed by atoms with Crippen LogP contribution in [0.4, 0.5) is 23.9 Å². The van der Waals surface area contributed by atoms with Crippen LogP contribution in [0.15, 0.2) is 30.6 Å². The van der Waals surface area contributed by atoms with Crippen LogP contribution in [-0.4, -0.2) is 40.8 Å². The fraction of sp³-hybridized carbons (Fsp3) is 0.353. The summed E-state index contributed by atoms with van der Waals surface area (Å²) in [6.07, 6.45) is -4.80. The Bertz CT molecular complexity index is 864. The lowest BCUT2D eigenvalue weighted by Crippen LogP contribution is -2.37. The fourth-order valence-electron chi connectivity index (χ4n) is 3.14. The first-order valence-corrected chi connectivity index (χ1v) is 8.97. The molecule has 0 bridgehead atoms. The predicted octanol–water partition coefficient (Wildman–Crippen LogP) is 4.29. The van der Waals surface area contributed by atoms with Gasteiger partial charge >= 0.3 is 12.3 Å². The Morgan fingerprint density at radius 2 is 1.89 bits per heavy atom. The minimum absolute atomic E-state index is 0.0125. The van der Waals surface area contributed by atoms with Crippen molar-refractivity contribution in [2.75, 3.05) is 24.5 Å². The summed E-state index contributed by atoms with van der Waals surface area (Å²) in [7, 11) is 0. The van der Waals surface area contributed by atoms with Gasteiger partial charge in [0.1, 0.15) is 0 Å². The molecule has 1 aliphatic heterocycles. The summed E-state index contributed by atoms with van der Waals surface area (Å²) >= 11 is 12.0. The molecule has 6 nitrogen and oxygen atoms in total. The topological polar surface area (TPSA) is 78.4 Å². The maximum absolute atomic E-state index is 12.7. The first-order chi connectivity index (χ1) is 13.2. The van der Waals surface area contributed by atoms with Crippen LogP contribution in [0, 0.1) is 5.92 Å². The zero-order valence-electron chi connectivity index (χ0n) is 14.2. The van der Waals surface area contributed by atoms with Crippen LogP contribution >= 0.6 is 23.2 Å². The van der Waals surface area contributed by atoms with Gasteiger partial charge in [0.15, 0.2) is 0 Å². The molecule has 0 spiro atoms. The number of anilines is 1. The van der Waals surface area contributed by atoms with Gasteiger partial charge in [-0.1, -0.05) is 29.3 Å². The van der Waals surface area contributed by atoms with Crippen molar-refractivity contribution in [1.29, 1.82) is 0 Å². The van der Waals surface area contributed by atoms with Crippen molar-refractivity contribution in [3.05, 3.63) is 51.8 Å². The minimum Gasteiger partial charge on any atom is -0.465 e. The van der Waals surface area contributed by atoms with E-state index in [1.165, 1.54) is 0 Å². The highest BCUT2D eigenvalue weighted by Gasteiger charge is 2.34. The average Bonchev–Trinajstić information content (AvgIpc) is 3.09. The number of amides is 1.